The van der Waals surface area contributed by atoms with Gasteiger partial charge in [0.25, 0.3) is 0 Å². The van der Waals surface area contributed by atoms with E-state index in [-0.39, 0.29) is 0 Å². The van der Waals surface area contributed by atoms with Crippen molar-refractivity contribution in [3.05, 3.63) is 60.7 Å². The molecular formula is C16H23NOSi2. The normalized spacial score (nSPS) is 12.4. The van der Waals surface area contributed by atoms with Gasteiger partial charge in [-0.15, -0.1) is 0 Å². The van der Waals surface area contributed by atoms with Gasteiger partial charge in [-0.25, -0.2) is 5.15 Å². The molecule has 0 saturated heterocycles. The summed E-state index contributed by atoms with van der Waals surface area (Å²) in [5, 5.41) is 6.08. The molecule has 0 aliphatic rings. The maximum Gasteiger partial charge on any atom is 0.244 e. The molecule has 0 atom stereocenters. The Morgan fingerprint density at radius 1 is 0.700 bits per heavy atom. The predicted molar refractivity (Wildman–Crippen MR) is 91.3 cm³/mol. The Hall–Kier alpha value is -1.21. The van der Waals surface area contributed by atoms with Crippen molar-refractivity contribution in [3.63, 3.8) is 0 Å². The summed E-state index contributed by atoms with van der Waals surface area (Å²) in [4.78, 5) is 0. The van der Waals surface area contributed by atoms with E-state index in [1.165, 1.54) is 10.4 Å². The van der Waals surface area contributed by atoms with Crippen molar-refractivity contribution in [1.29, 1.82) is 0 Å². The van der Waals surface area contributed by atoms with Crippen LogP contribution in [0.5, 0.6) is 0 Å². The van der Waals surface area contributed by atoms with E-state index in [2.05, 4.69) is 85.9 Å². The molecule has 0 amide bonds. The first-order chi connectivity index (χ1) is 9.42. The van der Waals surface area contributed by atoms with Gasteiger partial charge in [0.15, 0.2) is 8.24 Å². The fourth-order valence-corrected chi connectivity index (χ4v) is 6.37. The second-order valence-electron chi connectivity index (χ2n) is 6.07. The van der Waals surface area contributed by atoms with Crippen LogP contribution in [0.1, 0.15) is 0 Å². The average Bonchev–Trinajstić information content (AvgIpc) is 2.47. The Balaban J connectivity index is 2.08. The zero-order valence-corrected chi connectivity index (χ0v) is 14.7. The molecule has 0 radical (unpaired) electrons. The topological polar surface area (TPSA) is 21.3 Å². The molecule has 2 aromatic carbocycles. The number of hydrogen-bond donors (Lipinski definition) is 1. The van der Waals surface area contributed by atoms with Crippen LogP contribution in [0.25, 0.3) is 0 Å². The third-order valence-corrected chi connectivity index (χ3v) is 8.46. The summed E-state index contributed by atoms with van der Waals surface area (Å²) in [6.07, 6.45) is 0. The van der Waals surface area contributed by atoms with E-state index in [1.54, 1.807) is 0 Å². The zero-order valence-electron chi connectivity index (χ0n) is 12.7. The predicted octanol–water partition coefficient (Wildman–Crippen LogP) is 2.73. The van der Waals surface area contributed by atoms with Gasteiger partial charge in [-0.2, -0.15) is 0 Å². The van der Waals surface area contributed by atoms with Crippen LogP contribution in [0.2, 0.25) is 26.2 Å². The summed E-state index contributed by atoms with van der Waals surface area (Å²) >= 11 is 0. The molecule has 0 unspecified atom stereocenters. The summed E-state index contributed by atoms with van der Waals surface area (Å²) in [5.74, 6) is 0. The monoisotopic (exact) mass is 301 g/mol. The molecule has 2 aromatic rings. The van der Waals surface area contributed by atoms with E-state index >= 15 is 0 Å². The Labute approximate surface area is 124 Å². The summed E-state index contributed by atoms with van der Waals surface area (Å²) in [6, 6.07) is 21.1. The highest BCUT2D eigenvalue weighted by Crippen LogP contribution is 2.07. The SMILES string of the molecule is C[Si](C)(NO[Si](C)(C)c1ccccc1)c1ccccc1. The summed E-state index contributed by atoms with van der Waals surface area (Å²) < 4.78 is 6.19. The lowest BCUT2D eigenvalue weighted by molar-refractivity contribution is 0.262. The van der Waals surface area contributed by atoms with Crippen LogP contribution in [0.3, 0.4) is 0 Å². The third kappa shape index (κ3) is 3.67. The van der Waals surface area contributed by atoms with Gasteiger partial charge >= 0.3 is 0 Å². The van der Waals surface area contributed by atoms with Gasteiger partial charge in [0.05, 0.1) is 0 Å². The quantitative estimate of drug-likeness (QED) is 0.677. The van der Waals surface area contributed by atoms with Gasteiger partial charge < -0.3 is 4.53 Å². The van der Waals surface area contributed by atoms with E-state index in [0.717, 1.165) is 0 Å². The Morgan fingerprint density at radius 3 is 1.65 bits per heavy atom. The fraction of sp³-hybridized carbons (Fsp3) is 0.250. The zero-order chi connectivity index (χ0) is 14.6. The lowest BCUT2D eigenvalue weighted by Gasteiger charge is -2.30. The molecule has 106 valence electrons. The highest BCUT2D eigenvalue weighted by molar-refractivity contribution is 6.89. The molecule has 0 spiro atoms. The highest BCUT2D eigenvalue weighted by Gasteiger charge is 2.31. The van der Waals surface area contributed by atoms with Crippen molar-refractivity contribution in [2.75, 3.05) is 0 Å². The molecule has 1 N–H and O–H groups in total. The van der Waals surface area contributed by atoms with Crippen LogP contribution >= 0.6 is 0 Å². The van der Waals surface area contributed by atoms with Gasteiger partial charge in [0.1, 0.15) is 0 Å². The van der Waals surface area contributed by atoms with E-state index in [1.807, 2.05) is 6.07 Å². The maximum atomic E-state index is 6.19. The van der Waals surface area contributed by atoms with Gasteiger partial charge in [-0.1, -0.05) is 73.8 Å². The van der Waals surface area contributed by atoms with Crippen LogP contribution in [0, 0.1) is 0 Å². The van der Waals surface area contributed by atoms with Crippen molar-refractivity contribution in [2.24, 2.45) is 0 Å². The number of rotatable bonds is 5. The van der Waals surface area contributed by atoms with Crippen molar-refractivity contribution in [2.45, 2.75) is 26.2 Å². The third-order valence-electron chi connectivity index (χ3n) is 3.53. The van der Waals surface area contributed by atoms with E-state index in [9.17, 15) is 0 Å². The summed E-state index contributed by atoms with van der Waals surface area (Å²) in [5.41, 5.74) is 0. The first-order valence-corrected chi connectivity index (χ1v) is 12.9. The number of hydrogen-bond acceptors (Lipinski definition) is 2. The molecule has 0 aliphatic heterocycles. The van der Waals surface area contributed by atoms with Gasteiger partial charge in [0.2, 0.25) is 8.32 Å². The van der Waals surface area contributed by atoms with Gasteiger partial charge in [-0.05, 0) is 23.5 Å². The first kappa shape index (κ1) is 15.2. The molecule has 20 heavy (non-hydrogen) atoms. The summed E-state index contributed by atoms with van der Waals surface area (Å²) in [6.45, 7) is 9.01. The number of benzene rings is 2. The molecule has 0 fully saturated rings. The van der Waals surface area contributed by atoms with Crippen LogP contribution in [0.4, 0.5) is 0 Å². The van der Waals surface area contributed by atoms with Crippen LogP contribution < -0.4 is 15.5 Å². The first-order valence-electron chi connectivity index (χ1n) is 6.98. The standard InChI is InChI=1S/C16H23NOSi2/c1-19(2,15-11-7-5-8-12-15)17-18-20(3,4)16-13-9-6-10-14-16/h5-14,17H,1-4H3. The van der Waals surface area contributed by atoms with Crippen molar-refractivity contribution in [1.82, 2.24) is 5.15 Å². The molecule has 2 rings (SSSR count). The number of nitrogens with one attached hydrogen (secondary N) is 1. The Bertz CT molecular complexity index is 489. The molecule has 0 saturated carbocycles. The molecule has 0 aliphatic carbocycles. The minimum absolute atomic E-state index is 1.31. The largest absolute Gasteiger partial charge is 0.347 e. The molecule has 2 nitrogen and oxygen atoms in total. The van der Waals surface area contributed by atoms with Crippen LogP contribution in [-0.2, 0) is 4.53 Å². The maximum absolute atomic E-state index is 6.19. The average molecular weight is 302 g/mol. The second kappa shape index (κ2) is 6.05. The molecule has 0 heterocycles. The molecule has 0 bridgehead atoms. The van der Waals surface area contributed by atoms with E-state index < -0.39 is 16.6 Å². The van der Waals surface area contributed by atoms with Crippen molar-refractivity contribution in [3.8, 4) is 0 Å². The van der Waals surface area contributed by atoms with Crippen molar-refractivity contribution < 1.29 is 4.53 Å². The second-order valence-corrected chi connectivity index (χ2v) is 13.9. The van der Waals surface area contributed by atoms with Crippen molar-refractivity contribution >= 4 is 26.9 Å². The fourth-order valence-electron chi connectivity index (χ4n) is 2.07. The lowest BCUT2D eigenvalue weighted by Crippen LogP contribution is -2.60. The minimum atomic E-state index is -1.90. The van der Waals surface area contributed by atoms with Crippen LogP contribution in [-0.4, -0.2) is 16.6 Å². The Morgan fingerprint density at radius 2 is 1.15 bits per heavy atom. The molecular weight excluding hydrogens is 278 g/mol. The molecule has 0 aromatic heterocycles. The minimum Gasteiger partial charge on any atom is -0.347 e. The van der Waals surface area contributed by atoms with Crippen LogP contribution in [0.15, 0.2) is 60.7 Å². The smallest absolute Gasteiger partial charge is 0.244 e. The molecule has 4 heteroatoms. The van der Waals surface area contributed by atoms with E-state index in [0.29, 0.717) is 0 Å². The van der Waals surface area contributed by atoms with E-state index in [4.69, 9.17) is 4.53 Å². The highest BCUT2D eigenvalue weighted by atomic mass is 28.4. The van der Waals surface area contributed by atoms with Gasteiger partial charge in [-0.3, -0.25) is 0 Å². The van der Waals surface area contributed by atoms with Gasteiger partial charge in [0, 0.05) is 0 Å². The lowest BCUT2D eigenvalue weighted by atomic mass is 10.4. The summed E-state index contributed by atoms with van der Waals surface area (Å²) in [7, 11) is -3.66. The Kier molecular flexibility index (Phi) is 4.60.